The van der Waals surface area contributed by atoms with Gasteiger partial charge in [0.05, 0.1) is 17.9 Å². The largest absolute Gasteiger partial charge is 0.488 e. The van der Waals surface area contributed by atoms with Gasteiger partial charge < -0.3 is 24.8 Å². The fourth-order valence-corrected chi connectivity index (χ4v) is 2.96. The van der Waals surface area contributed by atoms with Crippen LogP contribution in [-0.4, -0.2) is 26.0 Å². The zero-order valence-corrected chi connectivity index (χ0v) is 12.2. The molecule has 0 unspecified atom stereocenters. The van der Waals surface area contributed by atoms with Crippen molar-refractivity contribution in [1.82, 2.24) is 0 Å². The van der Waals surface area contributed by atoms with Crippen LogP contribution in [0, 0.1) is 0 Å². The highest BCUT2D eigenvalue weighted by Gasteiger charge is 2.25. The summed E-state index contributed by atoms with van der Waals surface area (Å²) >= 11 is 0. The Bertz CT molecular complexity index is 689. The molecule has 0 bridgehead atoms. The van der Waals surface area contributed by atoms with Gasteiger partial charge in [0.2, 0.25) is 6.79 Å². The average Bonchev–Trinajstić information content (AvgIpc) is 3.16. The highest BCUT2D eigenvalue weighted by Crippen LogP contribution is 2.36. The van der Waals surface area contributed by atoms with Crippen molar-refractivity contribution in [2.45, 2.75) is 12.5 Å². The number of ether oxygens (including phenoxy) is 3. The first-order valence-corrected chi connectivity index (χ1v) is 7.45. The average molecular weight is 298 g/mol. The van der Waals surface area contributed by atoms with E-state index in [1.54, 1.807) is 0 Å². The van der Waals surface area contributed by atoms with Crippen molar-refractivity contribution >= 4 is 11.4 Å². The van der Waals surface area contributed by atoms with E-state index in [1.165, 1.54) is 0 Å². The molecule has 0 aliphatic carbocycles. The van der Waals surface area contributed by atoms with Gasteiger partial charge in [-0.25, -0.2) is 0 Å². The lowest BCUT2D eigenvalue weighted by molar-refractivity contribution is 0.173. The third-order valence-corrected chi connectivity index (χ3v) is 4.07. The Hall–Kier alpha value is -2.56. The predicted molar refractivity (Wildman–Crippen MR) is 84.7 cm³/mol. The molecule has 5 nitrogen and oxygen atoms in total. The van der Waals surface area contributed by atoms with E-state index in [1.807, 2.05) is 36.4 Å². The summed E-state index contributed by atoms with van der Waals surface area (Å²) in [5.41, 5.74) is 7.94. The topological polar surface area (TPSA) is 57.0 Å². The van der Waals surface area contributed by atoms with E-state index in [4.69, 9.17) is 19.9 Å². The third-order valence-electron chi connectivity index (χ3n) is 4.07. The molecular weight excluding hydrogens is 280 g/mol. The normalized spacial score (nSPS) is 19.5. The van der Waals surface area contributed by atoms with Gasteiger partial charge in [-0.1, -0.05) is 12.1 Å². The highest BCUT2D eigenvalue weighted by molar-refractivity contribution is 5.67. The van der Waals surface area contributed by atoms with Gasteiger partial charge in [-0.05, 0) is 24.3 Å². The molecule has 2 aromatic rings. The molecule has 5 heteroatoms. The Balaban J connectivity index is 1.44. The Labute approximate surface area is 129 Å². The van der Waals surface area contributed by atoms with Crippen molar-refractivity contribution in [3.63, 3.8) is 0 Å². The summed E-state index contributed by atoms with van der Waals surface area (Å²) in [6.07, 6.45) is 1.13. The summed E-state index contributed by atoms with van der Waals surface area (Å²) in [4.78, 5) is 2.27. The van der Waals surface area contributed by atoms with Crippen molar-refractivity contribution in [3.8, 4) is 17.2 Å². The van der Waals surface area contributed by atoms with E-state index in [9.17, 15) is 0 Å². The highest BCUT2D eigenvalue weighted by atomic mass is 16.7. The molecule has 2 heterocycles. The SMILES string of the molecule is Nc1ccccc1N1CC[C@H](Oc2ccc3c(c2)OCO3)C1. The van der Waals surface area contributed by atoms with Gasteiger partial charge in [-0.3, -0.25) is 0 Å². The number of nitrogens with two attached hydrogens (primary N) is 1. The predicted octanol–water partition coefficient (Wildman–Crippen LogP) is 2.66. The van der Waals surface area contributed by atoms with Crippen molar-refractivity contribution < 1.29 is 14.2 Å². The Morgan fingerprint density at radius 2 is 1.95 bits per heavy atom. The number of fused-ring (bicyclic) bond motifs is 1. The summed E-state index contributed by atoms with van der Waals surface area (Å²) in [7, 11) is 0. The van der Waals surface area contributed by atoms with Crippen LogP contribution in [-0.2, 0) is 0 Å². The summed E-state index contributed by atoms with van der Waals surface area (Å²) in [5, 5.41) is 0. The lowest BCUT2D eigenvalue weighted by atomic mass is 10.2. The van der Waals surface area contributed by atoms with Crippen LogP contribution >= 0.6 is 0 Å². The molecule has 0 amide bonds. The van der Waals surface area contributed by atoms with Crippen molar-refractivity contribution in [3.05, 3.63) is 42.5 Å². The minimum Gasteiger partial charge on any atom is -0.488 e. The van der Waals surface area contributed by atoms with E-state index in [0.29, 0.717) is 0 Å². The minimum atomic E-state index is 0.153. The molecular formula is C17H18N2O3. The fourth-order valence-electron chi connectivity index (χ4n) is 2.96. The second kappa shape index (κ2) is 5.33. The van der Waals surface area contributed by atoms with Gasteiger partial charge in [0.25, 0.3) is 0 Å². The van der Waals surface area contributed by atoms with E-state index >= 15 is 0 Å². The van der Waals surface area contributed by atoms with Gasteiger partial charge in [0, 0.05) is 19.0 Å². The summed E-state index contributed by atoms with van der Waals surface area (Å²) in [6, 6.07) is 13.7. The Morgan fingerprint density at radius 3 is 2.86 bits per heavy atom. The van der Waals surface area contributed by atoms with Crippen LogP contribution < -0.4 is 24.8 Å². The molecule has 2 N–H and O–H groups in total. The molecule has 1 fully saturated rings. The monoisotopic (exact) mass is 298 g/mol. The lowest BCUT2D eigenvalue weighted by Gasteiger charge is -2.20. The number of para-hydroxylation sites is 2. The zero-order valence-electron chi connectivity index (χ0n) is 12.2. The van der Waals surface area contributed by atoms with E-state index in [-0.39, 0.29) is 12.9 Å². The standard InChI is InChI=1S/C17H18N2O3/c18-14-3-1-2-4-15(14)19-8-7-13(10-19)22-12-5-6-16-17(9-12)21-11-20-16/h1-6,9,13H,7-8,10-11,18H2/t13-/m0/s1. The maximum absolute atomic E-state index is 6.07. The fraction of sp³-hybridized carbons (Fsp3) is 0.294. The maximum atomic E-state index is 6.07. The number of benzene rings is 2. The van der Waals surface area contributed by atoms with Crippen LogP contribution in [0.5, 0.6) is 17.2 Å². The molecule has 114 valence electrons. The molecule has 0 aromatic heterocycles. The molecule has 0 spiro atoms. The molecule has 0 radical (unpaired) electrons. The molecule has 2 aliphatic heterocycles. The Kier molecular flexibility index (Phi) is 3.18. The van der Waals surface area contributed by atoms with Crippen molar-refractivity contribution in [1.29, 1.82) is 0 Å². The first-order chi connectivity index (χ1) is 10.8. The first kappa shape index (κ1) is 13.1. The minimum absolute atomic E-state index is 0.153. The van der Waals surface area contributed by atoms with E-state index in [0.717, 1.165) is 48.1 Å². The van der Waals surface area contributed by atoms with Crippen molar-refractivity contribution in [2.24, 2.45) is 0 Å². The lowest BCUT2D eigenvalue weighted by Crippen LogP contribution is -2.25. The van der Waals surface area contributed by atoms with Crippen LogP contribution in [0.1, 0.15) is 6.42 Å². The molecule has 2 aromatic carbocycles. The summed E-state index contributed by atoms with van der Waals surface area (Å²) < 4.78 is 16.8. The number of anilines is 2. The van der Waals surface area contributed by atoms with Crippen LogP contribution in [0.3, 0.4) is 0 Å². The van der Waals surface area contributed by atoms with Crippen molar-refractivity contribution in [2.75, 3.05) is 30.5 Å². The molecule has 0 saturated carbocycles. The molecule has 22 heavy (non-hydrogen) atoms. The molecule has 1 atom stereocenters. The summed E-state index contributed by atoms with van der Waals surface area (Å²) in [6.45, 7) is 2.06. The van der Waals surface area contributed by atoms with Gasteiger partial charge in [0.1, 0.15) is 11.9 Å². The van der Waals surface area contributed by atoms with E-state index < -0.39 is 0 Å². The quantitative estimate of drug-likeness (QED) is 0.883. The Morgan fingerprint density at radius 1 is 1.09 bits per heavy atom. The van der Waals surface area contributed by atoms with Gasteiger partial charge in [0.15, 0.2) is 11.5 Å². The molecule has 1 saturated heterocycles. The van der Waals surface area contributed by atoms with Crippen LogP contribution in [0.2, 0.25) is 0 Å². The number of hydrogen-bond donors (Lipinski definition) is 1. The number of hydrogen-bond acceptors (Lipinski definition) is 5. The number of rotatable bonds is 3. The zero-order chi connectivity index (χ0) is 14.9. The maximum Gasteiger partial charge on any atom is 0.231 e. The second-order valence-corrected chi connectivity index (χ2v) is 5.55. The molecule has 2 aliphatic rings. The second-order valence-electron chi connectivity index (χ2n) is 5.55. The van der Waals surface area contributed by atoms with E-state index in [2.05, 4.69) is 11.0 Å². The third kappa shape index (κ3) is 2.39. The number of nitrogen functional groups attached to an aromatic ring is 1. The first-order valence-electron chi connectivity index (χ1n) is 7.45. The number of nitrogens with zero attached hydrogens (tertiary/aromatic N) is 1. The van der Waals surface area contributed by atoms with Crippen LogP contribution in [0.4, 0.5) is 11.4 Å². The van der Waals surface area contributed by atoms with Gasteiger partial charge >= 0.3 is 0 Å². The van der Waals surface area contributed by atoms with Crippen LogP contribution in [0.15, 0.2) is 42.5 Å². The van der Waals surface area contributed by atoms with Gasteiger partial charge in [-0.2, -0.15) is 0 Å². The smallest absolute Gasteiger partial charge is 0.231 e. The van der Waals surface area contributed by atoms with Gasteiger partial charge in [-0.15, -0.1) is 0 Å². The van der Waals surface area contributed by atoms with Crippen LogP contribution in [0.25, 0.3) is 0 Å². The molecule has 4 rings (SSSR count). The summed E-state index contributed by atoms with van der Waals surface area (Å²) in [5.74, 6) is 2.34.